The lowest BCUT2D eigenvalue weighted by atomic mass is 10.0. The van der Waals surface area contributed by atoms with Crippen LogP contribution in [0.25, 0.3) is 6.08 Å². The summed E-state index contributed by atoms with van der Waals surface area (Å²) in [7, 11) is 0. The first-order valence-electron chi connectivity index (χ1n) is 9.23. The summed E-state index contributed by atoms with van der Waals surface area (Å²) >= 11 is 3.29. The Morgan fingerprint density at radius 1 is 1.07 bits per heavy atom. The minimum Gasteiger partial charge on any atom is -0.480 e. The quantitative estimate of drug-likeness (QED) is 0.502. The summed E-state index contributed by atoms with van der Waals surface area (Å²) < 4.78 is 14.0. The van der Waals surface area contributed by atoms with Crippen LogP contribution < -0.4 is 10.6 Å². The predicted octanol–water partition coefficient (Wildman–Crippen LogP) is 3.97. The lowest BCUT2D eigenvalue weighted by Crippen LogP contribution is -2.45. The third-order valence-electron chi connectivity index (χ3n) is 4.09. The second kappa shape index (κ2) is 10.7. The third kappa shape index (κ3) is 7.11. The molecule has 6 nitrogen and oxygen atoms in total. The van der Waals surface area contributed by atoms with Crippen molar-refractivity contribution in [3.05, 3.63) is 75.6 Å². The van der Waals surface area contributed by atoms with E-state index in [0.29, 0.717) is 11.1 Å². The molecule has 8 heteroatoms. The molecule has 3 N–H and O–H groups in total. The van der Waals surface area contributed by atoms with Gasteiger partial charge in [0.05, 0.1) is 0 Å². The Morgan fingerprint density at radius 3 is 2.20 bits per heavy atom. The molecule has 2 aromatic carbocycles. The summed E-state index contributed by atoms with van der Waals surface area (Å²) in [5.41, 5.74) is 0.630. The normalized spacial score (nSPS) is 12.4. The average Bonchev–Trinajstić information content (AvgIpc) is 2.68. The number of carboxylic acid groups (broad SMARTS) is 1. The van der Waals surface area contributed by atoms with E-state index in [1.165, 1.54) is 30.3 Å². The molecular formula is C22H22BrFN2O4. The minimum atomic E-state index is -1.17. The van der Waals surface area contributed by atoms with Gasteiger partial charge in [-0.25, -0.2) is 9.18 Å². The Hall–Kier alpha value is -3.00. The van der Waals surface area contributed by atoms with Crippen molar-refractivity contribution in [3.63, 3.8) is 0 Å². The molecule has 0 aliphatic heterocycles. The molecule has 2 amide bonds. The van der Waals surface area contributed by atoms with Crippen molar-refractivity contribution in [2.45, 2.75) is 26.3 Å². The molecule has 0 heterocycles. The predicted molar refractivity (Wildman–Crippen MR) is 115 cm³/mol. The largest absolute Gasteiger partial charge is 0.480 e. The zero-order chi connectivity index (χ0) is 22.3. The fourth-order valence-electron chi connectivity index (χ4n) is 2.61. The molecule has 1 atom stereocenters. The molecule has 0 bridgehead atoms. The number of hydrogen-bond acceptors (Lipinski definition) is 3. The van der Waals surface area contributed by atoms with Crippen LogP contribution in [0, 0.1) is 11.7 Å². The number of carbonyl (C=O) groups excluding carboxylic acids is 2. The van der Waals surface area contributed by atoms with Crippen molar-refractivity contribution in [1.82, 2.24) is 10.6 Å². The van der Waals surface area contributed by atoms with Crippen molar-refractivity contribution in [2.75, 3.05) is 0 Å². The van der Waals surface area contributed by atoms with Crippen molar-refractivity contribution in [3.8, 4) is 0 Å². The van der Waals surface area contributed by atoms with Crippen LogP contribution in [-0.4, -0.2) is 28.9 Å². The van der Waals surface area contributed by atoms with Gasteiger partial charge in [0.25, 0.3) is 11.8 Å². The van der Waals surface area contributed by atoms with Crippen LogP contribution in [-0.2, 0) is 9.59 Å². The molecule has 30 heavy (non-hydrogen) atoms. The van der Waals surface area contributed by atoms with Gasteiger partial charge >= 0.3 is 5.97 Å². The molecule has 2 aromatic rings. The van der Waals surface area contributed by atoms with E-state index < -0.39 is 29.6 Å². The molecule has 158 valence electrons. The van der Waals surface area contributed by atoms with Gasteiger partial charge in [-0.2, -0.15) is 0 Å². The van der Waals surface area contributed by atoms with Crippen molar-refractivity contribution >= 4 is 39.8 Å². The monoisotopic (exact) mass is 476 g/mol. The smallest absolute Gasteiger partial charge is 0.326 e. The van der Waals surface area contributed by atoms with Crippen LogP contribution >= 0.6 is 15.9 Å². The third-order valence-corrected chi connectivity index (χ3v) is 4.62. The van der Waals surface area contributed by atoms with Gasteiger partial charge in [-0.1, -0.05) is 41.9 Å². The van der Waals surface area contributed by atoms with Gasteiger partial charge in [0, 0.05) is 10.0 Å². The highest BCUT2D eigenvalue weighted by molar-refractivity contribution is 9.10. The fourth-order valence-corrected chi connectivity index (χ4v) is 2.87. The van der Waals surface area contributed by atoms with Gasteiger partial charge in [-0.3, -0.25) is 9.59 Å². The number of carboxylic acids is 1. The van der Waals surface area contributed by atoms with E-state index in [0.717, 1.165) is 4.47 Å². The highest BCUT2D eigenvalue weighted by Gasteiger charge is 2.24. The fraction of sp³-hybridized carbons (Fsp3) is 0.227. The summed E-state index contributed by atoms with van der Waals surface area (Å²) in [6.07, 6.45) is 1.59. The van der Waals surface area contributed by atoms with Gasteiger partial charge in [0.15, 0.2) is 0 Å². The Balaban J connectivity index is 2.31. The summed E-state index contributed by atoms with van der Waals surface area (Å²) in [4.78, 5) is 36.9. The van der Waals surface area contributed by atoms with Crippen LogP contribution in [0.5, 0.6) is 0 Å². The zero-order valence-corrected chi connectivity index (χ0v) is 18.1. The van der Waals surface area contributed by atoms with Crippen molar-refractivity contribution in [2.24, 2.45) is 5.92 Å². The molecule has 0 aliphatic rings. The number of carbonyl (C=O) groups is 3. The van der Waals surface area contributed by atoms with Gasteiger partial charge in [0.2, 0.25) is 0 Å². The Kier molecular flexibility index (Phi) is 8.29. The van der Waals surface area contributed by atoms with E-state index in [1.54, 1.807) is 24.3 Å². The van der Waals surface area contributed by atoms with Gasteiger partial charge < -0.3 is 15.7 Å². The van der Waals surface area contributed by atoms with Crippen molar-refractivity contribution in [1.29, 1.82) is 0 Å². The van der Waals surface area contributed by atoms with Crippen LogP contribution in [0.15, 0.2) is 58.7 Å². The molecule has 0 saturated carbocycles. The number of benzene rings is 2. The zero-order valence-electron chi connectivity index (χ0n) is 16.5. The highest BCUT2D eigenvalue weighted by atomic mass is 79.9. The van der Waals surface area contributed by atoms with E-state index in [1.807, 2.05) is 13.8 Å². The van der Waals surface area contributed by atoms with E-state index in [4.69, 9.17) is 0 Å². The van der Waals surface area contributed by atoms with E-state index in [9.17, 15) is 23.9 Å². The van der Waals surface area contributed by atoms with Crippen molar-refractivity contribution < 1.29 is 23.9 Å². The number of hydrogen-bond donors (Lipinski definition) is 3. The molecule has 2 rings (SSSR count). The first kappa shape index (κ1) is 23.3. The topological polar surface area (TPSA) is 95.5 Å². The molecule has 0 fully saturated rings. The molecule has 0 radical (unpaired) electrons. The van der Waals surface area contributed by atoms with Gasteiger partial charge in [-0.15, -0.1) is 0 Å². The van der Waals surface area contributed by atoms with Crippen LogP contribution in [0.3, 0.4) is 0 Å². The lowest BCUT2D eigenvalue weighted by molar-refractivity contribution is -0.141. The standard InChI is InChI=1S/C22H22BrFN2O4/c1-13(2)11-19(22(29)30)26-21(28)18(12-14-3-9-17(24)10-4-14)25-20(27)15-5-7-16(23)8-6-15/h3-10,12-13,19H,11H2,1-2H3,(H,25,27)(H,26,28)(H,29,30). The second-order valence-electron chi connectivity index (χ2n) is 7.06. The van der Waals surface area contributed by atoms with Gasteiger partial charge in [-0.05, 0) is 60.4 Å². The number of amides is 2. The van der Waals surface area contributed by atoms with Crippen LogP contribution in [0.1, 0.15) is 36.2 Å². The maximum atomic E-state index is 13.2. The Labute approximate surface area is 182 Å². The lowest BCUT2D eigenvalue weighted by Gasteiger charge is -2.18. The van der Waals surface area contributed by atoms with Crippen LogP contribution in [0.4, 0.5) is 4.39 Å². The SMILES string of the molecule is CC(C)CC(NC(=O)C(=Cc1ccc(F)cc1)NC(=O)c1ccc(Br)cc1)C(=O)O. The summed E-state index contributed by atoms with van der Waals surface area (Å²) in [5, 5.41) is 14.4. The molecule has 1 unspecified atom stereocenters. The highest BCUT2D eigenvalue weighted by Crippen LogP contribution is 2.13. The maximum absolute atomic E-state index is 13.2. The Bertz CT molecular complexity index is 941. The number of halogens is 2. The summed E-state index contributed by atoms with van der Waals surface area (Å²) in [6, 6.07) is 10.7. The molecular weight excluding hydrogens is 455 g/mol. The summed E-state index contributed by atoms with van der Waals surface area (Å²) in [6.45, 7) is 3.68. The minimum absolute atomic E-state index is 0.0354. The van der Waals surface area contributed by atoms with E-state index in [2.05, 4.69) is 26.6 Å². The first-order valence-corrected chi connectivity index (χ1v) is 10.0. The first-order chi connectivity index (χ1) is 14.2. The summed E-state index contributed by atoms with van der Waals surface area (Å²) in [5.74, 6) is -2.87. The molecule has 0 aromatic heterocycles. The molecule has 0 saturated heterocycles. The number of aliphatic carboxylic acids is 1. The van der Waals surface area contributed by atoms with Gasteiger partial charge in [0.1, 0.15) is 17.6 Å². The number of rotatable bonds is 8. The second-order valence-corrected chi connectivity index (χ2v) is 7.98. The molecule has 0 spiro atoms. The maximum Gasteiger partial charge on any atom is 0.326 e. The van der Waals surface area contributed by atoms with E-state index in [-0.39, 0.29) is 18.0 Å². The van der Waals surface area contributed by atoms with Crippen LogP contribution in [0.2, 0.25) is 0 Å². The molecule has 0 aliphatic carbocycles. The average molecular weight is 477 g/mol. The van der Waals surface area contributed by atoms with E-state index >= 15 is 0 Å². The number of nitrogens with one attached hydrogen (secondary N) is 2. The Morgan fingerprint density at radius 2 is 1.67 bits per heavy atom.